The molecule has 3 nitrogen and oxygen atoms in total. The van der Waals surface area contributed by atoms with Crippen molar-refractivity contribution < 1.29 is 0 Å². The Morgan fingerprint density at radius 2 is 0.979 bits per heavy atom. The van der Waals surface area contributed by atoms with Gasteiger partial charge in [0.05, 0.1) is 11.2 Å². The van der Waals surface area contributed by atoms with E-state index in [1.807, 2.05) is 16.9 Å². The van der Waals surface area contributed by atoms with E-state index in [9.17, 15) is 0 Å². The van der Waals surface area contributed by atoms with Gasteiger partial charge >= 0.3 is 0 Å². The van der Waals surface area contributed by atoms with Crippen molar-refractivity contribution in [3.8, 4) is 50.2 Å². The Labute approximate surface area is 273 Å². The molecule has 0 amide bonds. The molecular formula is C44H29N3. The fourth-order valence-electron chi connectivity index (χ4n) is 6.86. The first-order valence-corrected chi connectivity index (χ1v) is 15.9. The SMILES string of the molecule is c1ccc(-c2c3ccccc3c(-c3ccccc3)c3cc(-c4ccc5cn(-c6ccc(-c7cccnc7)cc6)nc5c4)ccc23)cc1. The van der Waals surface area contributed by atoms with Crippen molar-refractivity contribution in [2.75, 3.05) is 0 Å². The highest BCUT2D eigenvalue weighted by Crippen LogP contribution is 2.44. The van der Waals surface area contributed by atoms with E-state index < -0.39 is 0 Å². The highest BCUT2D eigenvalue weighted by molar-refractivity contribution is 6.22. The van der Waals surface area contributed by atoms with Gasteiger partial charge in [-0.05, 0) is 96.4 Å². The standard InChI is InChI=1S/C44H29N3/c1-3-10-31(11-4-1)43-38-15-7-8-16-39(38)44(32-12-5-2-6-13-32)41-26-33(21-24-40(41)43)34-17-18-36-29-47(46-42(36)27-34)37-22-19-30(20-23-37)35-14-9-25-45-28-35/h1-29H. The number of pyridine rings is 1. The summed E-state index contributed by atoms with van der Waals surface area (Å²) in [6, 6.07) is 56.4. The predicted octanol–water partition coefficient (Wildman–Crippen LogP) is 11.4. The molecule has 0 spiro atoms. The van der Waals surface area contributed by atoms with Gasteiger partial charge in [-0.2, -0.15) is 5.10 Å². The molecule has 0 aliphatic carbocycles. The van der Waals surface area contributed by atoms with Crippen LogP contribution in [0.3, 0.4) is 0 Å². The number of hydrogen-bond acceptors (Lipinski definition) is 2. The van der Waals surface area contributed by atoms with Gasteiger partial charge in [0, 0.05) is 24.0 Å². The van der Waals surface area contributed by atoms with Gasteiger partial charge in [-0.25, -0.2) is 4.68 Å². The van der Waals surface area contributed by atoms with Gasteiger partial charge in [-0.1, -0.05) is 127 Å². The molecule has 47 heavy (non-hydrogen) atoms. The number of rotatable bonds is 5. The molecule has 9 rings (SSSR count). The second kappa shape index (κ2) is 11.2. The maximum Gasteiger partial charge on any atom is 0.0933 e. The maximum absolute atomic E-state index is 5.00. The van der Waals surface area contributed by atoms with E-state index in [2.05, 4.69) is 163 Å². The van der Waals surface area contributed by atoms with Crippen LogP contribution in [-0.4, -0.2) is 14.8 Å². The van der Waals surface area contributed by atoms with E-state index in [1.54, 1.807) is 6.20 Å². The highest BCUT2D eigenvalue weighted by Gasteiger charge is 2.17. The zero-order valence-corrected chi connectivity index (χ0v) is 25.6. The number of benzene rings is 7. The minimum Gasteiger partial charge on any atom is -0.264 e. The van der Waals surface area contributed by atoms with Crippen LogP contribution in [0.5, 0.6) is 0 Å². The smallest absolute Gasteiger partial charge is 0.0933 e. The molecular weight excluding hydrogens is 571 g/mol. The number of nitrogens with zero attached hydrogens (tertiary/aromatic N) is 3. The predicted molar refractivity (Wildman–Crippen MR) is 196 cm³/mol. The van der Waals surface area contributed by atoms with Crippen LogP contribution in [0.4, 0.5) is 0 Å². The minimum absolute atomic E-state index is 0.964. The lowest BCUT2D eigenvalue weighted by Gasteiger charge is -2.18. The van der Waals surface area contributed by atoms with Crippen LogP contribution in [0, 0.1) is 0 Å². The van der Waals surface area contributed by atoms with E-state index in [1.165, 1.54) is 49.4 Å². The third kappa shape index (κ3) is 4.77. The Kier molecular flexibility index (Phi) is 6.46. The average molecular weight is 600 g/mol. The van der Waals surface area contributed by atoms with Crippen LogP contribution in [-0.2, 0) is 0 Å². The first kappa shape index (κ1) is 27.0. The quantitative estimate of drug-likeness (QED) is 0.184. The Morgan fingerprint density at radius 3 is 1.66 bits per heavy atom. The van der Waals surface area contributed by atoms with E-state index in [4.69, 9.17) is 5.10 Å². The minimum atomic E-state index is 0.964. The summed E-state index contributed by atoms with van der Waals surface area (Å²) >= 11 is 0. The van der Waals surface area contributed by atoms with E-state index in [-0.39, 0.29) is 0 Å². The van der Waals surface area contributed by atoms with Gasteiger partial charge in [0.25, 0.3) is 0 Å². The van der Waals surface area contributed by atoms with Gasteiger partial charge < -0.3 is 0 Å². The van der Waals surface area contributed by atoms with Crippen molar-refractivity contribution in [1.82, 2.24) is 14.8 Å². The van der Waals surface area contributed by atoms with Gasteiger partial charge in [0.15, 0.2) is 0 Å². The first-order valence-electron chi connectivity index (χ1n) is 15.9. The molecule has 2 heterocycles. The molecule has 9 aromatic rings. The average Bonchev–Trinajstić information content (AvgIpc) is 3.58. The molecule has 220 valence electrons. The third-order valence-corrected chi connectivity index (χ3v) is 9.12. The van der Waals surface area contributed by atoms with Gasteiger partial charge in [-0.15, -0.1) is 0 Å². The van der Waals surface area contributed by atoms with Crippen LogP contribution in [0.1, 0.15) is 0 Å². The van der Waals surface area contributed by atoms with Crippen LogP contribution >= 0.6 is 0 Å². The van der Waals surface area contributed by atoms with Crippen LogP contribution in [0.15, 0.2) is 176 Å². The van der Waals surface area contributed by atoms with E-state index in [0.29, 0.717) is 0 Å². The van der Waals surface area contributed by atoms with Gasteiger partial charge in [0.1, 0.15) is 0 Å². The molecule has 0 aliphatic heterocycles. The van der Waals surface area contributed by atoms with Gasteiger partial charge in [0.2, 0.25) is 0 Å². The van der Waals surface area contributed by atoms with E-state index in [0.717, 1.165) is 33.3 Å². The largest absolute Gasteiger partial charge is 0.264 e. The van der Waals surface area contributed by atoms with E-state index >= 15 is 0 Å². The molecule has 0 fully saturated rings. The summed E-state index contributed by atoms with van der Waals surface area (Å²) in [7, 11) is 0. The summed E-state index contributed by atoms with van der Waals surface area (Å²) in [5, 5.41) is 11.1. The normalized spacial score (nSPS) is 11.4. The van der Waals surface area contributed by atoms with Crippen LogP contribution < -0.4 is 0 Å². The maximum atomic E-state index is 5.00. The van der Waals surface area contributed by atoms with Crippen molar-refractivity contribution in [3.05, 3.63) is 176 Å². The second-order valence-electron chi connectivity index (χ2n) is 11.9. The number of aromatic nitrogens is 3. The summed E-state index contributed by atoms with van der Waals surface area (Å²) in [4.78, 5) is 4.25. The van der Waals surface area contributed by atoms with Crippen molar-refractivity contribution in [2.45, 2.75) is 0 Å². The zero-order valence-electron chi connectivity index (χ0n) is 25.6. The van der Waals surface area contributed by atoms with Crippen molar-refractivity contribution in [2.24, 2.45) is 0 Å². The molecule has 0 aliphatic rings. The molecule has 0 N–H and O–H groups in total. The summed E-state index contributed by atoms with van der Waals surface area (Å²) < 4.78 is 1.97. The summed E-state index contributed by atoms with van der Waals surface area (Å²) in [5.74, 6) is 0. The monoisotopic (exact) mass is 599 g/mol. The molecule has 0 radical (unpaired) electrons. The lowest BCUT2D eigenvalue weighted by atomic mass is 9.85. The first-order chi connectivity index (χ1) is 23.3. The topological polar surface area (TPSA) is 30.7 Å². The highest BCUT2D eigenvalue weighted by atomic mass is 15.3. The molecule has 0 atom stereocenters. The van der Waals surface area contributed by atoms with Crippen LogP contribution in [0.2, 0.25) is 0 Å². The molecule has 7 aromatic carbocycles. The number of hydrogen-bond donors (Lipinski definition) is 0. The Bertz CT molecular complexity index is 2530. The fourth-order valence-corrected chi connectivity index (χ4v) is 6.86. The Morgan fingerprint density at radius 1 is 0.404 bits per heavy atom. The molecule has 0 saturated carbocycles. The zero-order chi connectivity index (χ0) is 31.2. The fraction of sp³-hybridized carbons (Fsp3) is 0. The summed E-state index contributed by atoms with van der Waals surface area (Å²) in [6.07, 6.45) is 5.79. The molecule has 0 bridgehead atoms. The molecule has 0 saturated heterocycles. The van der Waals surface area contributed by atoms with Crippen molar-refractivity contribution in [3.63, 3.8) is 0 Å². The molecule has 3 heteroatoms. The lowest BCUT2D eigenvalue weighted by molar-refractivity contribution is 0.897. The molecule has 0 unspecified atom stereocenters. The second-order valence-corrected chi connectivity index (χ2v) is 11.9. The van der Waals surface area contributed by atoms with Crippen LogP contribution in [0.25, 0.3) is 82.6 Å². The van der Waals surface area contributed by atoms with Crippen molar-refractivity contribution in [1.29, 1.82) is 0 Å². The van der Waals surface area contributed by atoms with Crippen molar-refractivity contribution >= 4 is 32.4 Å². The Balaban J connectivity index is 1.19. The summed E-state index contributed by atoms with van der Waals surface area (Å²) in [5.41, 5.74) is 11.5. The Hall–Kier alpha value is -6.32. The number of fused-ring (bicyclic) bond motifs is 3. The van der Waals surface area contributed by atoms with Gasteiger partial charge in [-0.3, -0.25) is 4.98 Å². The third-order valence-electron chi connectivity index (χ3n) is 9.12. The lowest BCUT2D eigenvalue weighted by Crippen LogP contribution is -1.93. The molecule has 2 aromatic heterocycles. The summed E-state index contributed by atoms with van der Waals surface area (Å²) in [6.45, 7) is 0.